The summed E-state index contributed by atoms with van der Waals surface area (Å²) in [6.07, 6.45) is 0.618. The van der Waals surface area contributed by atoms with E-state index >= 15 is 0 Å². The van der Waals surface area contributed by atoms with E-state index in [1.54, 1.807) is 24.3 Å². The summed E-state index contributed by atoms with van der Waals surface area (Å²) in [5.74, 6) is -0.0780. The molecule has 0 aromatic heterocycles. The van der Waals surface area contributed by atoms with Gasteiger partial charge in [-0.05, 0) is 24.1 Å². The first kappa shape index (κ1) is 15.8. The molecule has 0 bridgehead atoms. The minimum absolute atomic E-state index is 0.0134. The number of sulfone groups is 1. The molecule has 1 atom stereocenters. The van der Waals surface area contributed by atoms with Crippen LogP contribution in [0.1, 0.15) is 12.0 Å². The lowest BCUT2D eigenvalue weighted by Gasteiger charge is -2.27. The molecule has 1 fully saturated rings. The van der Waals surface area contributed by atoms with Crippen molar-refractivity contribution in [2.75, 3.05) is 30.4 Å². The zero-order chi connectivity index (χ0) is 15.5. The fraction of sp³-hybridized carbons (Fsp3) is 0.500. The normalized spacial score (nSPS) is 20.3. The maximum absolute atomic E-state index is 12.4. The van der Waals surface area contributed by atoms with Gasteiger partial charge in [-0.3, -0.25) is 4.79 Å². The molecule has 1 aromatic carbocycles. The molecule has 1 saturated heterocycles. The van der Waals surface area contributed by atoms with E-state index in [0.29, 0.717) is 12.1 Å². The van der Waals surface area contributed by atoms with Gasteiger partial charge in [0.2, 0.25) is 5.91 Å². The fourth-order valence-corrected chi connectivity index (χ4v) is 4.28. The molecule has 0 radical (unpaired) electrons. The summed E-state index contributed by atoms with van der Waals surface area (Å²) in [4.78, 5) is 13.9. The van der Waals surface area contributed by atoms with Crippen molar-refractivity contribution >= 4 is 21.4 Å². The van der Waals surface area contributed by atoms with Gasteiger partial charge in [-0.25, -0.2) is 8.42 Å². The lowest BCUT2D eigenvalue weighted by Crippen LogP contribution is -2.43. The quantitative estimate of drug-likeness (QED) is 0.735. The van der Waals surface area contributed by atoms with Crippen LogP contribution in [0, 0.1) is 0 Å². The van der Waals surface area contributed by atoms with Crippen LogP contribution in [0.3, 0.4) is 0 Å². The first-order valence-corrected chi connectivity index (χ1v) is 8.68. The van der Waals surface area contributed by atoms with Crippen LogP contribution in [-0.2, 0) is 21.1 Å². The van der Waals surface area contributed by atoms with Gasteiger partial charge in [-0.15, -0.1) is 0 Å². The number of anilines is 1. The number of benzene rings is 1. The third kappa shape index (κ3) is 4.18. The maximum Gasteiger partial charge on any atom is 0.227 e. The van der Waals surface area contributed by atoms with Crippen LogP contribution in [0.2, 0.25) is 0 Å². The Balaban J connectivity index is 2.07. The Labute approximate surface area is 124 Å². The number of amides is 1. The molecular weight excluding hydrogens is 292 g/mol. The molecular formula is C14H20N2O4S. The number of hydrogen-bond acceptors (Lipinski definition) is 5. The van der Waals surface area contributed by atoms with Gasteiger partial charge in [-0.2, -0.15) is 0 Å². The van der Waals surface area contributed by atoms with Gasteiger partial charge in [0, 0.05) is 18.3 Å². The van der Waals surface area contributed by atoms with Crippen molar-refractivity contribution < 1.29 is 18.3 Å². The topological polar surface area (TPSA) is 101 Å². The van der Waals surface area contributed by atoms with Crippen LogP contribution in [0.15, 0.2) is 24.3 Å². The van der Waals surface area contributed by atoms with E-state index in [-0.39, 0.29) is 43.0 Å². The van der Waals surface area contributed by atoms with Crippen LogP contribution in [0.4, 0.5) is 5.69 Å². The number of aliphatic hydroxyl groups is 1. The Morgan fingerprint density at radius 3 is 2.52 bits per heavy atom. The smallest absolute Gasteiger partial charge is 0.227 e. The SMILES string of the molecule is Nc1ccc(CC(=O)N(CCO)C2CCS(=O)(=O)C2)cc1. The minimum Gasteiger partial charge on any atom is -0.399 e. The van der Waals surface area contributed by atoms with Crippen LogP contribution in [0.25, 0.3) is 0 Å². The first-order valence-electron chi connectivity index (χ1n) is 6.86. The molecule has 6 nitrogen and oxygen atoms in total. The Hall–Kier alpha value is -1.60. The van der Waals surface area contributed by atoms with E-state index in [0.717, 1.165) is 5.56 Å². The van der Waals surface area contributed by atoms with Crippen LogP contribution in [0.5, 0.6) is 0 Å². The number of carbonyl (C=O) groups is 1. The van der Waals surface area contributed by atoms with E-state index in [1.165, 1.54) is 4.90 Å². The Kier molecular flexibility index (Phi) is 4.84. The summed E-state index contributed by atoms with van der Waals surface area (Å²) in [5.41, 5.74) is 7.04. The van der Waals surface area contributed by atoms with Crippen molar-refractivity contribution in [3.63, 3.8) is 0 Å². The van der Waals surface area contributed by atoms with E-state index in [9.17, 15) is 13.2 Å². The molecule has 3 N–H and O–H groups in total. The Morgan fingerprint density at radius 2 is 2.00 bits per heavy atom. The molecule has 0 aliphatic carbocycles. The van der Waals surface area contributed by atoms with Crippen LogP contribution in [-0.4, -0.2) is 55.0 Å². The number of aliphatic hydroxyl groups excluding tert-OH is 1. The summed E-state index contributed by atoms with van der Waals surface area (Å²) in [6, 6.07) is 6.66. The second kappa shape index (κ2) is 6.44. The molecule has 1 unspecified atom stereocenters. The first-order chi connectivity index (χ1) is 9.91. The number of nitrogens with two attached hydrogens (primary N) is 1. The largest absolute Gasteiger partial charge is 0.399 e. The minimum atomic E-state index is -3.06. The predicted octanol–water partition coefficient (Wildman–Crippen LogP) is -0.181. The highest BCUT2D eigenvalue weighted by Gasteiger charge is 2.34. The number of hydrogen-bond donors (Lipinski definition) is 2. The second-order valence-electron chi connectivity index (χ2n) is 5.29. The molecule has 1 heterocycles. The third-order valence-electron chi connectivity index (χ3n) is 3.65. The lowest BCUT2D eigenvalue weighted by atomic mass is 10.1. The van der Waals surface area contributed by atoms with Gasteiger partial charge in [0.25, 0.3) is 0 Å². The highest BCUT2D eigenvalue weighted by molar-refractivity contribution is 7.91. The molecule has 1 aromatic rings. The van der Waals surface area contributed by atoms with Gasteiger partial charge in [0.1, 0.15) is 0 Å². The molecule has 116 valence electrons. The van der Waals surface area contributed by atoms with Crippen molar-refractivity contribution in [1.29, 1.82) is 0 Å². The van der Waals surface area contributed by atoms with Crippen LogP contribution < -0.4 is 5.73 Å². The number of nitrogen functional groups attached to an aromatic ring is 1. The summed E-state index contributed by atoms with van der Waals surface area (Å²) in [7, 11) is -3.06. The molecule has 1 amide bonds. The summed E-state index contributed by atoms with van der Waals surface area (Å²) in [5, 5.41) is 9.12. The van der Waals surface area contributed by atoms with E-state index in [4.69, 9.17) is 10.8 Å². The average Bonchev–Trinajstić information content (AvgIpc) is 2.78. The van der Waals surface area contributed by atoms with Gasteiger partial charge in [0.15, 0.2) is 9.84 Å². The maximum atomic E-state index is 12.4. The molecule has 1 aliphatic rings. The van der Waals surface area contributed by atoms with Crippen molar-refractivity contribution in [1.82, 2.24) is 4.90 Å². The summed E-state index contributed by atoms with van der Waals surface area (Å²) < 4.78 is 23.1. The monoisotopic (exact) mass is 312 g/mol. The third-order valence-corrected chi connectivity index (χ3v) is 5.40. The number of carbonyl (C=O) groups excluding carboxylic acids is 1. The van der Waals surface area contributed by atoms with Crippen molar-refractivity contribution in [3.8, 4) is 0 Å². The standard InChI is InChI=1S/C14H20N2O4S/c15-12-3-1-11(2-4-12)9-14(18)16(6-7-17)13-5-8-21(19,20)10-13/h1-4,13,17H,5-10,15H2. The molecule has 0 spiro atoms. The predicted molar refractivity (Wildman–Crippen MR) is 80.4 cm³/mol. The number of nitrogens with zero attached hydrogens (tertiary/aromatic N) is 1. The van der Waals surface area contributed by atoms with E-state index in [2.05, 4.69) is 0 Å². The molecule has 0 saturated carbocycles. The Morgan fingerprint density at radius 1 is 1.33 bits per heavy atom. The van der Waals surface area contributed by atoms with E-state index < -0.39 is 9.84 Å². The molecule has 1 aliphatic heterocycles. The van der Waals surface area contributed by atoms with Crippen molar-refractivity contribution in [3.05, 3.63) is 29.8 Å². The summed E-state index contributed by atoms with van der Waals surface area (Å²) >= 11 is 0. The zero-order valence-electron chi connectivity index (χ0n) is 11.7. The van der Waals surface area contributed by atoms with Gasteiger partial charge in [0.05, 0.1) is 24.5 Å². The van der Waals surface area contributed by atoms with Gasteiger partial charge < -0.3 is 15.7 Å². The fourth-order valence-electron chi connectivity index (χ4n) is 2.55. The highest BCUT2D eigenvalue weighted by atomic mass is 32.2. The lowest BCUT2D eigenvalue weighted by molar-refractivity contribution is -0.132. The Bertz CT molecular complexity index is 598. The summed E-state index contributed by atoms with van der Waals surface area (Å²) in [6.45, 7) is -0.0159. The molecule has 21 heavy (non-hydrogen) atoms. The van der Waals surface area contributed by atoms with E-state index in [1.807, 2.05) is 0 Å². The van der Waals surface area contributed by atoms with Crippen LogP contribution >= 0.6 is 0 Å². The van der Waals surface area contributed by atoms with Gasteiger partial charge in [-0.1, -0.05) is 12.1 Å². The van der Waals surface area contributed by atoms with Gasteiger partial charge >= 0.3 is 0 Å². The molecule has 2 rings (SSSR count). The van der Waals surface area contributed by atoms with Crippen molar-refractivity contribution in [2.45, 2.75) is 18.9 Å². The molecule has 7 heteroatoms. The highest BCUT2D eigenvalue weighted by Crippen LogP contribution is 2.19. The van der Waals surface area contributed by atoms with Crippen molar-refractivity contribution in [2.24, 2.45) is 0 Å². The second-order valence-corrected chi connectivity index (χ2v) is 7.51. The zero-order valence-corrected chi connectivity index (χ0v) is 12.6. The number of rotatable bonds is 5. The average molecular weight is 312 g/mol.